The number of nitrogens with one attached hydrogen (secondary N) is 4. The second kappa shape index (κ2) is 12.0. The minimum Gasteiger partial charge on any atom is -0.465 e. The van der Waals surface area contributed by atoms with Crippen LogP contribution in [0.4, 0.5) is 9.59 Å². The van der Waals surface area contributed by atoms with E-state index >= 15 is 0 Å². The zero-order valence-corrected chi connectivity index (χ0v) is 20.9. The first-order valence-corrected chi connectivity index (χ1v) is 12.2. The number of carbonyl (C=O) groups is 3. The van der Waals surface area contributed by atoms with Gasteiger partial charge in [0.2, 0.25) is 5.91 Å². The van der Waals surface area contributed by atoms with E-state index in [1.165, 1.54) is 6.92 Å². The molecule has 1 aromatic heterocycles. The highest BCUT2D eigenvalue weighted by molar-refractivity contribution is 5.91. The summed E-state index contributed by atoms with van der Waals surface area (Å²) in [6.45, 7) is 1.66. The lowest BCUT2D eigenvalue weighted by atomic mass is 9.91. The molecule has 0 radical (unpaired) electrons. The SMILES string of the molecule is C[C@](Cc1c[nH]c2ccccc12)(NC(=O)O)C(=O)NC[C@H](NC(=O)OCc1ccccc1)c1ccccc1. The van der Waals surface area contributed by atoms with Gasteiger partial charge >= 0.3 is 12.2 Å². The van der Waals surface area contributed by atoms with Gasteiger partial charge in [-0.2, -0.15) is 0 Å². The van der Waals surface area contributed by atoms with Crippen molar-refractivity contribution in [3.63, 3.8) is 0 Å². The molecule has 0 unspecified atom stereocenters. The number of H-pyrrole nitrogens is 1. The third-order valence-corrected chi connectivity index (χ3v) is 6.28. The van der Waals surface area contributed by atoms with E-state index in [1.807, 2.05) is 84.9 Å². The summed E-state index contributed by atoms with van der Waals surface area (Å²) >= 11 is 0. The van der Waals surface area contributed by atoms with Gasteiger partial charge in [-0.05, 0) is 29.7 Å². The Hall–Kier alpha value is -4.79. The lowest BCUT2D eigenvalue weighted by Crippen LogP contribution is -2.58. The van der Waals surface area contributed by atoms with Crippen molar-refractivity contribution in [3.05, 3.63) is 108 Å². The van der Waals surface area contributed by atoms with E-state index < -0.39 is 29.7 Å². The predicted octanol–water partition coefficient (Wildman–Crippen LogP) is 4.52. The van der Waals surface area contributed by atoms with Gasteiger partial charge in [-0.25, -0.2) is 9.59 Å². The van der Waals surface area contributed by atoms with E-state index in [0.29, 0.717) is 0 Å². The average Bonchev–Trinajstić information content (AvgIpc) is 3.32. The summed E-state index contributed by atoms with van der Waals surface area (Å²) in [7, 11) is 0. The molecule has 0 saturated carbocycles. The summed E-state index contributed by atoms with van der Waals surface area (Å²) in [5.74, 6) is -0.523. The molecule has 9 heteroatoms. The lowest BCUT2D eigenvalue weighted by molar-refractivity contribution is -0.126. The van der Waals surface area contributed by atoms with Gasteiger partial charge in [0.05, 0.1) is 6.04 Å². The van der Waals surface area contributed by atoms with Crippen LogP contribution in [0.25, 0.3) is 10.9 Å². The number of para-hydroxylation sites is 1. The first kappa shape index (κ1) is 26.3. The molecule has 0 bridgehead atoms. The Balaban J connectivity index is 1.46. The molecule has 2 atom stereocenters. The molecule has 0 saturated heterocycles. The number of aromatic amines is 1. The Morgan fingerprint density at radius 3 is 2.32 bits per heavy atom. The summed E-state index contributed by atoms with van der Waals surface area (Å²) in [6, 6.07) is 25.5. The number of fused-ring (bicyclic) bond motifs is 1. The summed E-state index contributed by atoms with van der Waals surface area (Å²) in [4.78, 5) is 40.8. The fraction of sp³-hybridized carbons (Fsp3) is 0.207. The van der Waals surface area contributed by atoms with Gasteiger partial charge in [0.25, 0.3) is 0 Å². The van der Waals surface area contributed by atoms with Gasteiger partial charge < -0.3 is 30.8 Å². The smallest absolute Gasteiger partial charge is 0.408 e. The summed E-state index contributed by atoms with van der Waals surface area (Å²) in [6.07, 6.45) is -0.0546. The Kier molecular flexibility index (Phi) is 8.27. The maximum Gasteiger partial charge on any atom is 0.408 e. The normalized spacial score (nSPS) is 13.2. The second-order valence-electron chi connectivity index (χ2n) is 9.18. The quantitative estimate of drug-likeness (QED) is 0.212. The summed E-state index contributed by atoms with van der Waals surface area (Å²) in [5, 5.41) is 18.4. The van der Waals surface area contributed by atoms with Crippen LogP contribution in [0.1, 0.15) is 29.7 Å². The molecule has 3 aromatic carbocycles. The second-order valence-corrected chi connectivity index (χ2v) is 9.18. The minimum absolute atomic E-state index is 0.0219. The molecule has 3 amide bonds. The number of amides is 3. The van der Waals surface area contributed by atoms with Gasteiger partial charge in [0.15, 0.2) is 0 Å². The van der Waals surface area contributed by atoms with Crippen molar-refractivity contribution in [1.82, 2.24) is 20.9 Å². The van der Waals surface area contributed by atoms with Crippen molar-refractivity contribution in [2.75, 3.05) is 6.54 Å². The number of alkyl carbamates (subject to hydrolysis) is 1. The lowest BCUT2D eigenvalue weighted by Gasteiger charge is -2.29. The molecule has 0 fully saturated rings. The molecular formula is C29H30N4O5. The number of carboxylic acid groups (broad SMARTS) is 1. The van der Waals surface area contributed by atoms with Crippen molar-refractivity contribution in [1.29, 1.82) is 0 Å². The molecule has 0 spiro atoms. The molecule has 1 heterocycles. The van der Waals surface area contributed by atoms with E-state index in [1.54, 1.807) is 6.20 Å². The standard InChI is InChI=1S/C29H30N4O5/c1-29(33-27(35)36,16-22-17-30-24-15-9-8-14-23(22)24)26(34)31-18-25(21-12-6-3-7-13-21)32-28(37)38-19-20-10-4-2-5-11-20/h2-15,17,25,30,33H,16,18-19H2,1H3,(H,31,34)(H,32,37)(H,35,36)/t25-,29+/m0/s1. The highest BCUT2D eigenvalue weighted by Gasteiger charge is 2.36. The number of rotatable bonds is 10. The van der Waals surface area contributed by atoms with Crippen molar-refractivity contribution in [2.45, 2.75) is 31.5 Å². The predicted molar refractivity (Wildman–Crippen MR) is 144 cm³/mol. The van der Waals surface area contributed by atoms with E-state index in [0.717, 1.165) is 27.6 Å². The number of aromatic nitrogens is 1. The van der Waals surface area contributed by atoms with Crippen LogP contribution in [-0.2, 0) is 22.6 Å². The van der Waals surface area contributed by atoms with Crippen molar-refractivity contribution >= 4 is 29.0 Å². The number of hydrogen-bond acceptors (Lipinski definition) is 4. The molecule has 196 valence electrons. The fourth-order valence-corrected chi connectivity index (χ4v) is 4.31. The zero-order chi connectivity index (χ0) is 27.0. The van der Waals surface area contributed by atoms with Gasteiger partial charge in [0.1, 0.15) is 12.1 Å². The molecule has 0 aliphatic rings. The Morgan fingerprint density at radius 1 is 0.947 bits per heavy atom. The van der Waals surface area contributed by atoms with Gasteiger partial charge in [-0.1, -0.05) is 78.9 Å². The molecule has 4 aromatic rings. The third kappa shape index (κ3) is 6.70. The summed E-state index contributed by atoms with van der Waals surface area (Å²) < 4.78 is 5.36. The van der Waals surface area contributed by atoms with Crippen LogP contribution in [0.3, 0.4) is 0 Å². The molecule has 5 N–H and O–H groups in total. The first-order valence-electron chi connectivity index (χ1n) is 12.2. The first-order chi connectivity index (χ1) is 18.3. The Bertz CT molecular complexity index is 1390. The molecule has 0 aliphatic heterocycles. The van der Waals surface area contributed by atoms with Crippen molar-refractivity contribution < 1.29 is 24.2 Å². The van der Waals surface area contributed by atoms with Crippen LogP contribution in [0, 0.1) is 0 Å². The average molecular weight is 515 g/mol. The Labute approximate surface area is 220 Å². The molecular weight excluding hydrogens is 484 g/mol. The van der Waals surface area contributed by atoms with Crippen LogP contribution in [-0.4, -0.2) is 40.3 Å². The molecule has 0 aliphatic carbocycles. The largest absolute Gasteiger partial charge is 0.465 e. The topological polar surface area (TPSA) is 133 Å². The van der Waals surface area contributed by atoms with Crippen LogP contribution in [0.2, 0.25) is 0 Å². The van der Waals surface area contributed by atoms with E-state index in [-0.39, 0.29) is 19.6 Å². The van der Waals surface area contributed by atoms with Crippen LogP contribution >= 0.6 is 0 Å². The molecule has 9 nitrogen and oxygen atoms in total. The third-order valence-electron chi connectivity index (χ3n) is 6.28. The monoisotopic (exact) mass is 514 g/mol. The van der Waals surface area contributed by atoms with E-state index in [9.17, 15) is 19.5 Å². The van der Waals surface area contributed by atoms with E-state index in [2.05, 4.69) is 20.9 Å². The summed E-state index contributed by atoms with van der Waals surface area (Å²) in [5.41, 5.74) is 1.83. The molecule has 4 rings (SSSR count). The van der Waals surface area contributed by atoms with Gasteiger partial charge in [-0.3, -0.25) is 4.79 Å². The maximum absolute atomic E-state index is 13.4. The van der Waals surface area contributed by atoms with Gasteiger partial charge in [0, 0.05) is 30.1 Å². The molecule has 38 heavy (non-hydrogen) atoms. The van der Waals surface area contributed by atoms with Crippen LogP contribution in [0.15, 0.2) is 91.1 Å². The van der Waals surface area contributed by atoms with Gasteiger partial charge in [-0.15, -0.1) is 0 Å². The van der Waals surface area contributed by atoms with Crippen molar-refractivity contribution in [2.24, 2.45) is 0 Å². The van der Waals surface area contributed by atoms with Crippen LogP contribution < -0.4 is 16.0 Å². The fourth-order valence-electron chi connectivity index (χ4n) is 4.31. The number of hydrogen-bond donors (Lipinski definition) is 5. The van der Waals surface area contributed by atoms with Crippen molar-refractivity contribution in [3.8, 4) is 0 Å². The number of carbonyl (C=O) groups excluding carboxylic acids is 2. The zero-order valence-electron chi connectivity index (χ0n) is 20.9. The van der Waals surface area contributed by atoms with Crippen LogP contribution in [0.5, 0.6) is 0 Å². The maximum atomic E-state index is 13.4. The highest BCUT2D eigenvalue weighted by Crippen LogP contribution is 2.23. The highest BCUT2D eigenvalue weighted by atomic mass is 16.5. The Morgan fingerprint density at radius 2 is 1.61 bits per heavy atom. The van der Waals surface area contributed by atoms with E-state index in [4.69, 9.17) is 4.74 Å². The minimum atomic E-state index is -1.47. The number of benzene rings is 3. The number of ether oxygens (including phenoxy) is 1.